The van der Waals surface area contributed by atoms with Gasteiger partial charge in [-0.1, -0.05) is 47.5 Å². The van der Waals surface area contributed by atoms with Crippen LogP contribution in [-0.4, -0.2) is 4.98 Å². The Morgan fingerprint density at radius 3 is 2.52 bits per heavy atom. The van der Waals surface area contributed by atoms with Crippen LogP contribution in [0.4, 0.5) is 0 Å². The molecule has 5 heteroatoms. The van der Waals surface area contributed by atoms with Gasteiger partial charge in [0, 0.05) is 26.6 Å². The maximum atomic E-state index is 6.16. The van der Waals surface area contributed by atoms with Crippen LogP contribution in [-0.2, 0) is 5.75 Å². The largest absolute Gasteiger partial charge is 0.240 e. The van der Waals surface area contributed by atoms with Gasteiger partial charge in [-0.25, -0.2) is 4.98 Å². The molecule has 106 valence electrons. The Morgan fingerprint density at radius 1 is 1.00 bits per heavy atom. The fourth-order valence-electron chi connectivity index (χ4n) is 1.81. The summed E-state index contributed by atoms with van der Waals surface area (Å²) in [6.07, 6.45) is 0. The second-order valence-electron chi connectivity index (χ2n) is 4.37. The molecule has 0 saturated heterocycles. The third-order valence-electron chi connectivity index (χ3n) is 2.86. The maximum Gasteiger partial charge on any atom is 0.123 e. The van der Waals surface area contributed by atoms with Gasteiger partial charge >= 0.3 is 0 Å². The van der Waals surface area contributed by atoms with E-state index in [1.54, 1.807) is 23.1 Å². The molecule has 1 aromatic heterocycles. The number of hydrogen-bond donors (Lipinski definition) is 0. The van der Waals surface area contributed by atoms with Crippen molar-refractivity contribution in [1.29, 1.82) is 0 Å². The van der Waals surface area contributed by atoms with Crippen molar-refractivity contribution in [3.63, 3.8) is 0 Å². The van der Waals surface area contributed by atoms with E-state index in [0.29, 0.717) is 0 Å². The minimum absolute atomic E-state index is 0.741. The highest BCUT2D eigenvalue weighted by atomic mass is 35.5. The number of halogens is 2. The van der Waals surface area contributed by atoms with E-state index in [9.17, 15) is 0 Å². The maximum absolute atomic E-state index is 6.16. The molecule has 0 N–H and O–H groups in total. The lowest BCUT2D eigenvalue weighted by Gasteiger charge is -2.01. The molecule has 21 heavy (non-hydrogen) atoms. The van der Waals surface area contributed by atoms with Crippen molar-refractivity contribution in [3.05, 3.63) is 69.7 Å². The van der Waals surface area contributed by atoms with E-state index < -0.39 is 0 Å². The predicted octanol–water partition coefficient (Wildman–Crippen LogP) is 6.41. The van der Waals surface area contributed by atoms with E-state index in [1.807, 2.05) is 48.5 Å². The molecule has 0 aliphatic carbocycles. The molecular weight excluding hydrogens is 341 g/mol. The Hall–Kier alpha value is -1.00. The third-order valence-corrected chi connectivity index (χ3v) is 5.60. The summed E-state index contributed by atoms with van der Waals surface area (Å²) in [4.78, 5) is 5.75. The molecule has 0 saturated carbocycles. The SMILES string of the molecule is Clc1ccc(-c2nc(CSc3ccccc3Cl)cs2)cc1. The van der Waals surface area contributed by atoms with Crippen molar-refractivity contribution < 1.29 is 0 Å². The minimum Gasteiger partial charge on any atom is -0.240 e. The summed E-state index contributed by atoms with van der Waals surface area (Å²) in [5, 5.41) is 4.63. The molecule has 0 amide bonds. The smallest absolute Gasteiger partial charge is 0.123 e. The van der Waals surface area contributed by atoms with Crippen LogP contribution in [0.15, 0.2) is 58.8 Å². The van der Waals surface area contributed by atoms with Crippen LogP contribution >= 0.6 is 46.3 Å². The monoisotopic (exact) mass is 351 g/mol. The summed E-state index contributed by atoms with van der Waals surface area (Å²) in [7, 11) is 0. The summed E-state index contributed by atoms with van der Waals surface area (Å²) in [5.74, 6) is 0.813. The van der Waals surface area contributed by atoms with Gasteiger partial charge < -0.3 is 0 Å². The van der Waals surface area contributed by atoms with Crippen molar-refractivity contribution in [2.24, 2.45) is 0 Å². The lowest BCUT2D eigenvalue weighted by molar-refractivity contribution is 1.23. The van der Waals surface area contributed by atoms with Crippen LogP contribution < -0.4 is 0 Å². The Bertz CT molecular complexity index is 738. The highest BCUT2D eigenvalue weighted by molar-refractivity contribution is 7.98. The average molecular weight is 352 g/mol. The topological polar surface area (TPSA) is 12.9 Å². The van der Waals surface area contributed by atoms with Gasteiger partial charge in [0.2, 0.25) is 0 Å². The highest BCUT2D eigenvalue weighted by Gasteiger charge is 2.06. The number of nitrogens with zero attached hydrogens (tertiary/aromatic N) is 1. The number of hydrogen-bond acceptors (Lipinski definition) is 3. The molecule has 3 rings (SSSR count). The molecule has 2 aromatic carbocycles. The molecule has 0 unspecified atom stereocenters. The summed E-state index contributed by atoms with van der Waals surface area (Å²) < 4.78 is 0. The van der Waals surface area contributed by atoms with E-state index in [0.717, 1.165) is 37.0 Å². The number of rotatable bonds is 4. The van der Waals surface area contributed by atoms with Crippen molar-refractivity contribution >= 4 is 46.3 Å². The molecule has 0 fully saturated rings. The van der Waals surface area contributed by atoms with Crippen LogP contribution in [0.5, 0.6) is 0 Å². The zero-order valence-electron chi connectivity index (χ0n) is 10.9. The molecule has 3 aromatic rings. The molecule has 0 radical (unpaired) electrons. The van der Waals surface area contributed by atoms with Gasteiger partial charge in [-0.2, -0.15) is 0 Å². The van der Waals surface area contributed by atoms with Crippen LogP contribution in [0, 0.1) is 0 Å². The van der Waals surface area contributed by atoms with E-state index in [1.165, 1.54) is 0 Å². The second-order valence-corrected chi connectivity index (χ2v) is 7.09. The summed E-state index contributed by atoms with van der Waals surface area (Å²) in [6.45, 7) is 0. The summed E-state index contributed by atoms with van der Waals surface area (Å²) in [5.41, 5.74) is 2.16. The molecule has 1 nitrogen and oxygen atoms in total. The fourth-order valence-corrected chi connectivity index (χ4v) is 4.00. The first kappa shape index (κ1) is 14.9. The van der Waals surface area contributed by atoms with Gasteiger partial charge in [0.05, 0.1) is 10.7 Å². The van der Waals surface area contributed by atoms with Gasteiger partial charge in [-0.15, -0.1) is 23.1 Å². The van der Waals surface area contributed by atoms with E-state index in [4.69, 9.17) is 23.2 Å². The lowest BCUT2D eigenvalue weighted by Crippen LogP contribution is -1.82. The fraction of sp³-hybridized carbons (Fsp3) is 0.0625. The lowest BCUT2D eigenvalue weighted by atomic mass is 10.2. The van der Waals surface area contributed by atoms with Gasteiger partial charge in [0.25, 0.3) is 0 Å². The Balaban J connectivity index is 1.71. The van der Waals surface area contributed by atoms with Crippen LogP contribution in [0.3, 0.4) is 0 Å². The number of benzene rings is 2. The van der Waals surface area contributed by atoms with Gasteiger partial charge in [0.15, 0.2) is 0 Å². The first-order valence-corrected chi connectivity index (χ1v) is 8.92. The average Bonchev–Trinajstić information content (AvgIpc) is 2.96. The highest BCUT2D eigenvalue weighted by Crippen LogP contribution is 2.31. The molecule has 0 aliphatic heterocycles. The van der Waals surface area contributed by atoms with Crippen molar-refractivity contribution in [3.8, 4) is 10.6 Å². The van der Waals surface area contributed by atoms with Gasteiger partial charge in [-0.3, -0.25) is 0 Å². The van der Waals surface area contributed by atoms with Crippen LogP contribution in [0.25, 0.3) is 10.6 Å². The Labute approximate surface area is 142 Å². The molecule has 0 atom stereocenters. The molecule has 0 aliphatic rings. The first-order valence-electron chi connectivity index (χ1n) is 6.30. The molecule has 1 heterocycles. The van der Waals surface area contributed by atoms with Crippen molar-refractivity contribution in [1.82, 2.24) is 4.98 Å². The van der Waals surface area contributed by atoms with Crippen LogP contribution in [0.2, 0.25) is 10.0 Å². The minimum atomic E-state index is 0.741. The molecular formula is C16H11Cl2NS2. The Morgan fingerprint density at radius 2 is 1.76 bits per heavy atom. The summed E-state index contributed by atoms with van der Waals surface area (Å²) >= 11 is 15.4. The normalized spacial score (nSPS) is 10.8. The van der Waals surface area contributed by atoms with Gasteiger partial charge in [0.1, 0.15) is 5.01 Å². The van der Waals surface area contributed by atoms with Gasteiger partial charge in [-0.05, 0) is 24.3 Å². The van der Waals surface area contributed by atoms with Crippen molar-refractivity contribution in [2.75, 3.05) is 0 Å². The quantitative estimate of drug-likeness (QED) is 0.503. The number of aromatic nitrogens is 1. The van der Waals surface area contributed by atoms with Crippen LogP contribution in [0.1, 0.15) is 5.69 Å². The predicted molar refractivity (Wildman–Crippen MR) is 93.6 cm³/mol. The first-order chi connectivity index (χ1) is 10.2. The number of thiazole rings is 1. The standard InChI is InChI=1S/C16H11Cl2NS2/c17-12-7-5-11(6-8-12)16-19-13(10-21-16)9-20-15-4-2-1-3-14(15)18/h1-8,10H,9H2. The zero-order chi connectivity index (χ0) is 14.7. The second kappa shape index (κ2) is 6.84. The van der Waals surface area contributed by atoms with Crippen molar-refractivity contribution in [2.45, 2.75) is 10.6 Å². The molecule has 0 spiro atoms. The number of thioether (sulfide) groups is 1. The zero-order valence-corrected chi connectivity index (χ0v) is 14.1. The van der Waals surface area contributed by atoms with E-state index >= 15 is 0 Å². The Kier molecular flexibility index (Phi) is 4.86. The summed E-state index contributed by atoms with van der Waals surface area (Å²) in [6, 6.07) is 15.6. The van der Waals surface area contributed by atoms with E-state index in [2.05, 4.69) is 10.4 Å². The third kappa shape index (κ3) is 3.80. The van der Waals surface area contributed by atoms with E-state index in [-0.39, 0.29) is 0 Å². The molecule has 0 bridgehead atoms.